The summed E-state index contributed by atoms with van der Waals surface area (Å²) in [6, 6.07) is 6.91. The molecule has 0 saturated heterocycles. The van der Waals surface area contributed by atoms with Crippen LogP contribution < -0.4 is 0 Å². The van der Waals surface area contributed by atoms with Gasteiger partial charge in [0.15, 0.2) is 0 Å². The summed E-state index contributed by atoms with van der Waals surface area (Å²) in [5, 5.41) is 0. The van der Waals surface area contributed by atoms with Crippen LogP contribution in [-0.2, 0) is 6.42 Å². The molecule has 0 nitrogen and oxygen atoms in total. The summed E-state index contributed by atoms with van der Waals surface area (Å²) < 4.78 is 0. The number of rotatable bonds is 0. The van der Waals surface area contributed by atoms with Crippen LogP contribution in [0.15, 0.2) is 23.8 Å². The maximum absolute atomic E-state index is 2.35. The summed E-state index contributed by atoms with van der Waals surface area (Å²) >= 11 is 0. The lowest BCUT2D eigenvalue weighted by Crippen LogP contribution is -2.10. The van der Waals surface area contributed by atoms with Gasteiger partial charge in [-0.2, -0.15) is 0 Å². The number of hydrogen-bond acceptors (Lipinski definition) is 0. The molecule has 1 fully saturated rings. The molecule has 1 saturated carbocycles. The van der Waals surface area contributed by atoms with Gasteiger partial charge < -0.3 is 0 Å². The second-order valence-corrected chi connectivity index (χ2v) is 4.48. The van der Waals surface area contributed by atoms with Gasteiger partial charge in [0.1, 0.15) is 0 Å². The lowest BCUT2D eigenvalue weighted by molar-refractivity contribution is 0.576. The van der Waals surface area contributed by atoms with E-state index in [2.05, 4.69) is 18.2 Å². The first-order valence-corrected chi connectivity index (χ1v) is 5.29. The van der Waals surface area contributed by atoms with Crippen molar-refractivity contribution in [3.63, 3.8) is 0 Å². The van der Waals surface area contributed by atoms with E-state index >= 15 is 0 Å². The van der Waals surface area contributed by atoms with Gasteiger partial charge in [0.05, 0.1) is 0 Å². The summed E-state index contributed by atoms with van der Waals surface area (Å²) in [7, 11) is 0. The maximum Gasteiger partial charge on any atom is 0.00634 e. The molecule has 0 N–H and O–H groups in total. The number of fused-ring (bicyclic) bond motifs is 2. The van der Waals surface area contributed by atoms with Crippen LogP contribution in [0.1, 0.15) is 41.9 Å². The SMILES string of the molecule is c1cc2c3c(c1)C1CCC1=C3CC2. The van der Waals surface area contributed by atoms with Gasteiger partial charge in [-0.3, -0.25) is 0 Å². The fraction of sp³-hybridized carbons (Fsp3) is 0.385. The molecule has 1 aromatic carbocycles. The zero-order valence-corrected chi connectivity index (χ0v) is 7.64. The molecule has 13 heavy (non-hydrogen) atoms. The second kappa shape index (κ2) is 1.89. The summed E-state index contributed by atoms with van der Waals surface area (Å²) in [4.78, 5) is 0. The van der Waals surface area contributed by atoms with Gasteiger partial charge in [-0.15, -0.1) is 0 Å². The number of allylic oxidation sites excluding steroid dienone is 2. The Bertz CT molecular complexity index is 437. The summed E-state index contributed by atoms with van der Waals surface area (Å²) in [5.74, 6) is 0.852. The second-order valence-electron chi connectivity index (χ2n) is 4.48. The molecule has 1 unspecified atom stereocenters. The summed E-state index contributed by atoms with van der Waals surface area (Å²) in [5.41, 5.74) is 8.47. The molecule has 0 aromatic heterocycles. The lowest BCUT2D eigenvalue weighted by atomic mass is 9.77. The van der Waals surface area contributed by atoms with Crippen molar-refractivity contribution in [2.75, 3.05) is 0 Å². The molecule has 0 spiro atoms. The van der Waals surface area contributed by atoms with E-state index in [1.807, 2.05) is 0 Å². The molecular weight excluding hydrogens is 156 g/mol. The van der Waals surface area contributed by atoms with Gasteiger partial charge in [-0.25, -0.2) is 0 Å². The zero-order valence-electron chi connectivity index (χ0n) is 7.64. The van der Waals surface area contributed by atoms with Gasteiger partial charge >= 0.3 is 0 Å². The number of aryl methyl sites for hydroxylation is 1. The molecule has 0 heteroatoms. The summed E-state index contributed by atoms with van der Waals surface area (Å²) in [6.07, 6.45) is 5.43. The van der Waals surface area contributed by atoms with Gasteiger partial charge in [0.25, 0.3) is 0 Å². The molecule has 0 aliphatic heterocycles. The topological polar surface area (TPSA) is 0 Å². The average Bonchev–Trinajstić information content (AvgIpc) is 2.56. The molecule has 3 aliphatic rings. The van der Waals surface area contributed by atoms with E-state index in [4.69, 9.17) is 0 Å². The van der Waals surface area contributed by atoms with Crippen molar-refractivity contribution in [2.24, 2.45) is 0 Å². The maximum atomic E-state index is 2.35. The van der Waals surface area contributed by atoms with E-state index < -0.39 is 0 Å². The molecule has 64 valence electrons. The average molecular weight is 168 g/mol. The van der Waals surface area contributed by atoms with Crippen molar-refractivity contribution in [1.29, 1.82) is 0 Å². The van der Waals surface area contributed by atoms with Crippen molar-refractivity contribution >= 4 is 5.57 Å². The Kier molecular flexibility index (Phi) is 0.935. The van der Waals surface area contributed by atoms with Crippen LogP contribution in [0, 0.1) is 0 Å². The predicted octanol–water partition coefficient (Wildman–Crippen LogP) is 3.28. The number of hydrogen-bond donors (Lipinski definition) is 0. The first kappa shape index (κ1) is 6.42. The van der Waals surface area contributed by atoms with Gasteiger partial charge in [-0.1, -0.05) is 23.8 Å². The van der Waals surface area contributed by atoms with Gasteiger partial charge in [-0.05, 0) is 47.9 Å². The third-order valence-corrected chi connectivity index (χ3v) is 4.02. The molecule has 1 atom stereocenters. The molecular formula is C13H12. The highest BCUT2D eigenvalue weighted by Gasteiger charge is 2.39. The molecule has 0 radical (unpaired) electrons. The molecule has 0 heterocycles. The van der Waals surface area contributed by atoms with Crippen LogP contribution >= 0.6 is 0 Å². The first-order chi connectivity index (χ1) is 6.45. The van der Waals surface area contributed by atoms with Crippen molar-refractivity contribution in [3.8, 4) is 0 Å². The van der Waals surface area contributed by atoms with Crippen LogP contribution in [-0.4, -0.2) is 0 Å². The van der Waals surface area contributed by atoms with Crippen molar-refractivity contribution in [3.05, 3.63) is 40.5 Å². The van der Waals surface area contributed by atoms with E-state index in [0.29, 0.717) is 0 Å². The number of benzene rings is 1. The Morgan fingerprint density at radius 2 is 2.08 bits per heavy atom. The van der Waals surface area contributed by atoms with Crippen molar-refractivity contribution in [1.82, 2.24) is 0 Å². The van der Waals surface area contributed by atoms with E-state index in [-0.39, 0.29) is 0 Å². The molecule has 4 rings (SSSR count). The lowest BCUT2D eigenvalue weighted by Gasteiger charge is -2.27. The quantitative estimate of drug-likeness (QED) is 0.557. The Balaban J connectivity index is 2.13. The van der Waals surface area contributed by atoms with Crippen LogP contribution in [0.4, 0.5) is 0 Å². The fourth-order valence-corrected chi connectivity index (χ4v) is 3.33. The Morgan fingerprint density at radius 1 is 1.08 bits per heavy atom. The third-order valence-electron chi connectivity index (χ3n) is 4.02. The third kappa shape index (κ3) is 0.580. The highest BCUT2D eigenvalue weighted by Crippen LogP contribution is 2.57. The van der Waals surface area contributed by atoms with Crippen LogP contribution in [0.3, 0.4) is 0 Å². The van der Waals surface area contributed by atoms with E-state index in [1.165, 1.54) is 25.7 Å². The van der Waals surface area contributed by atoms with Crippen LogP contribution in [0.5, 0.6) is 0 Å². The first-order valence-electron chi connectivity index (χ1n) is 5.29. The largest absolute Gasteiger partial charge is 0.0617 e. The van der Waals surface area contributed by atoms with Crippen LogP contribution in [0.2, 0.25) is 0 Å². The van der Waals surface area contributed by atoms with Gasteiger partial charge in [0, 0.05) is 5.92 Å². The van der Waals surface area contributed by atoms with E-state index in [0.717, 1.165) is 5.92 Å². The summed E-state index contributed by atoms with van der Waals surface area (Å²) in [6.45, 7) is 0. The van der Waals surface area contributed by atoms with Crippen molar-refractivity contribution < 1.29 is 0 Å². The minimum absolute atomic E-state index is 0.852. The molecule has 0 amide bonds. The minimum Gasteiger partial charge on any atom is -0.0617 e. The highest BCUT2D eigenvalue weighted by molar-refractivity contribution is 5.84. The Morgan fingerprint density at radius 3 is 2.92 bits per heavy atom. The van der Waals surface area contributed by atoms with E-state index in [1.54, 1.807) is 27.8 Å². The molecule has 3 aliphatic carbocycles. The minimum atomic E-state index is 0.852. The Hall–Kier alpha value is -1.04. The fourth-order valence-electron chi connectivity index (χ4n) is 3.33. The zero-order chi connectivity index (χ0) is 8.41. The van der Waals surface area contributed by atoms with E-state index in [9.17, 15) is 0 Å². The van der Waals surface area contributed by atoms with Crippen molar-refractivity contribution in [2.45, 2.75) is 31.6 Å². The highest BCUT2D eigenvalue weighted by atomic mass is 14.4. The normalized spacial score (nSPS) is 27.2. The van der Waals surface area contributed by atoms with Gasteiger partial charge in [0.2, 0.25) is 0 Å². The monoisotopic (exact) mass is 168 g/mol. The smallest absolute Gasteiger partial charge is 0.00634 e. The Labute approximate surface area is 78.3 Å². The molecule has 0 bridgehead atoms. The molecule has 1 aromatic rings. The van der Waals surface area contributed by atoms with Crippen LogP contribution in [0.25, 0.3) is 5.57 Å². The standard InChI is InChI=1S/C13H12/c1-2-8-4-5-12-10-7-6-9(10)11(3-1)13(8)12/h1-3,9H,4-7H2. The predicted molar refractivity (Wildman–Crippen MR) is 53.7 cm³/mol.